The van der Waals surface area contributed by atoms with Crippen molar-refractivity contribution < 1.29 is 0 Å². The van der Waals surface area contributed by atoms with Crippen molar-refractivity contribution in [1.29, 1.82) is 0 Å². The Kier molecular flexibility index (Phi) is 4.42. The average molecular weight is 332 g/mol. The van der Waals surface area contributed by atoms with Gasteiger partial charge in [0.2, 0.25) is 0 Å². The first-order valence-corrected chi connectivity index (χ1v) is 7.35. The highest BCUT2D eigenvalue weighted by Gasteiger charge is 2.09. The second kappa shape index (κ2) is 5.85. The number of hydrogen-bond donors (Lipinski definition) is 0. The van der Waals surface area contributed by atoms with Crippen molar-refractivity contribution in [2.75, 3.05) is 11.9 Å². The van der Waals surface area contributed by atoms with Crippen LogP contribution in [0.25, 0.3) is 0 Å². The van der Waals surface area contributed by atoms with Gasteiger partial charge in [-0.3, -0.25) is 0 Å². The SMILES string of the molecule is CN(Cc1cc(Br)cs1)c1ncccc1CCl. The fourth-order valence-corrected chi connectivity index (χ4v) is 3.34. The fraction of sp³-hybridized carbons (Fsp3) is 0.250. The topological polar surface area (TPSA) is 16.1 Å². The molecule has 90 valence electrons. The summed E-state index contributed by atoms with van der Waals surface area (Å²) in [5.74, 6) is 1.44. The lowest BCUT2D eigenvalue weighted by atomic mass is 10.2. The molecule has 2 heterocycles. The van der Waals surface area contributed by atoms with Gasteiger partial charge in [0, 0.05) is 33.5 Å². The zero-order valence-electron chi connectivity index (χ0n) is 9.36. The van der Waals surface area contributed by atoms with Crippen molar-refractivity contribution in [3.05, 3.63) is 44.7 Å². The molecular weight excluding hydrogens is 320 g/mol. The summed E-state index contributed by atoms with van der Waals surface area (Å²) in [6.07, 6.45) is 1.80. The van der Waals surface area contributed by atoms with Gasteiger partial charge >= 0.3 is 0 Å². The van der Waals surface area contributed by atoms with E-state index in [1.54, 1.807) is 17.5 Å². The highest BCUT2D eigenvalue weighted by atomic mass is 79.9. The van der Waals surface area contributed by atoms with Gasteiger partial charge in [-0.1, -0.05) is 6.07 Å². The lowest BCUT2D eigenvalue weighted by Gasteiger charge is -2.19. The van der Waals surface area contributed by atoms with Crippen molar-refractivity contribution in [1.82, 2.24) is 4.98 Å². The maximum absolute atomic E-state index is 5.91. The Bertz CT molecular complexity index is 501. The van der Waals surface area contributed by atoms with Crippen LogP contribution in [0.4, 0.5) is 5.82 Å². The average Bonchev–Trinajstić information content (AvgIpc) is 2.74. The normalized spacial score (nSPS) is 10.5. The Morgan fingerprint density at radius 2 is 2.35 bits per heavy atom. The van der Waals surface area contributed by atoms with Crippen LogP contribution < -0.4 is 4.90 Å². The van der Waals surface area contributed by atoms with E-state index in [0.717, 1.165) is 22.4 Å². The number of hydrogen-bond acceptors (Lipinski definition) is 3. The second-order valence-corrected chi connectivity index (χ2v) is 5.89. The lowest BCUT2D eigenvalue weighted by Crippen LogP contribution is -2.18. The summed E-state index contributed by atoms with van der Waals surface area (Å²) in [7, 11) is 2.03. The smallest absolute Gasteiger partial charge is 0.132 e. The number of alkyl halides is 1. The molecule has 0 saturated heterocycles. The van der Waals surface area contributed by atoms with Gasteiger partial charge in [-0.25, -0.2) is 4.98 Å². The molecule has 0 saturated carbocycles. The van der Waals surface area contributed by atoms with Crippen molar-refractivity contribution in [3.8, 4) is 0 Å². The summed E-state index contributed by atoms with van der Waals surface area (Å²) in [6, 6.07) is 6.05. The first kappa shape index (κ1) is 12.9. The molecule has 2 nitrogen and oxygen atoms in total. The van der Waals surface area contributed by atoms with Gasteiger partial charge in [0.25, 0.3) is 0 Å². The predicted octanol–water partition coefficient (Wildman–Crippen LogP) is 4.28. The first-order valence-electron chi connectivity index (χ1n) is 5.14. The van der Waals surface area contributed by atoms with Gasteiger partial charge in [0.15, 0.2) is 0 Å². The molecule has 0 aliphatic heterocycles. The van der Waals surface area contributed by atoms with E-state index < -0.39 is 0 Å². The van der Waals surface area contributed by atoms with E-state index in [-0.39, 0.29) is 0 Å². The number of halogens is 2. The van der Waals surface area contributed by atoms with E-state index in [1.807, 2.05) is 19.2 Å². The van der Waals surface area contributed by atoms with Crippen LogP contribution in [0.3, 0.4) is 0 Å². The Labute approximate surface area is 118 Å². The van der Waals surface area contributed by atoms with Crippen molar-refractivity contribution in [3.63, 3.8) is 0 Å². The molecule has 2 aromatic heterocycles. The van der Waals surface area contributed by atoms with Gasteiger partial charge < -0.3 is 4.90 Å². The van der Waals surface area contributed by atoms with E-state index in [4.69, 9.17) is 11.6 Å². The van der Waals surface area contributed by atoms with Gasteiger partial charge in [-0.05, 0) is 28.1 Å². The molecule has 0 fully saturated rings. The van der Waals surface area contributed by atoms with Crippen molar-refractivity contribution in [2.24, 2.45) is 0 Å². The zero-order valence-corrected chi connectivity index (χ0v) is 12.5. The predicted molar refractivity (Wildman–Crippen MR) is 77.9 cm³/mol. The van der Waals surface area contributed by atoms with E-state index in [2.05, 4.69) is 37.3 Å². The maximum atomic E-state index is 5.91. The number of nitrogens with zero attached hydrogens (tertiary/aromatic N) is 2. The standard InChI is InChI=1S/C12H12BrClN2S/c1-16(7-11-5-10(13)8-17-11)12-9(6-14)3-2-4-15-12/h2-5,8H,6-7H2,1H3. The van der Waals surface area contributed by atoms with Gasteiger partial charge in [-0.2, -0.15) is 0 Å². The van der Waals surface area contributed by atoms with Crippen molar-refractivity contribution in [2.45, 2.75) is 12.4 Å². The third kappa shape index (κ3) is 3.21. The minimum atomic E-state index is 0.488. The highest BCUT2D eigenvalue weighted by Crippen LogP contribution is 2.24. The number of aromatic nitrogens is 1. The number of pyridine rings is 1. The minimum absolute atomic E-state index is 0.488. The van der Waals surface area contributed by atoms with Crippen LogP contribution in [-0.4, -0.2) is 12.0 Å². The molecule has 5 heteroatoms. The maximum Gasteiger partial charge on any atom is 0.132 e. The summed E-state index contributed by atoms with van der Waals surface area (Å²) in [6.45, 7) is 0.844. The van der Waals surface area contributed by atoms with Crippen LogP contribution in [0, 0.1) is 0 Å². The lowest BCUT2D eigenvalue weighted by molar-refractivity contribution is 0.902. The van der Waals surface area contributed by atoms with Crippen LogP contribution in [0.15, 0.2) is 34.2 Å². The summed E-state index contributed by atoms with van der Waals surface area (Å²) in [5.41, 5.74) is 1.06. The molecule has 0 aliphatic carbocycles. The van der Waals surface area contributed by atoms with Crippen LogP contribution >= 0.6 is 38.9 Å². The second-order valence-electron chi connectivity index (χ2n) is 3.71. The molecule has 17 heavy (non-hydrogen) atoms. The number of anilines is 1. The summed E-state index contributed by atoms with van der Waals surface area (Å²) in [4.78, 5) is 7.80. The van der Waals surface area contributed by atoms with E-state index in [1.165, 1.54) is 4.88 Å². The quantitative estimate of drug-likeness (QED) is 0.777. The summed E-state index contributed by atoms with van der Waals surface area (Å²) < 4.78 is 1.13. The molecule has 2 aromatic rings. The fourth-order valence-electron chi connectivity index (χ4n) is 1.62. The molecule has 0 radical (unpaired) electrons. The van der Waals surface area contributed by atoms with Gasteiger partial charge in [0.1, 0.15) is 5.82 Å². The van der Waals surface area contributed by atoms with Gasteiger partial charge in [0.05, 0.1) is 12.4 Å². The molecule has 0 N–H and O–H groups in total. The van der Waals surface area contributed by atoms with Crippen LogP contribution in [0.2, 0.25) is 0 Å². The van der Waals surface area contributed by atoms with Crippen molar-refractivity contribution >= 4 is 44.7 Å². The van der Waals surface area contributed by atoms with Crippen LogP contribution in [0.1, 0.15) is 10.4 Å². The molecule has 0 amide bonds. The van der Waals surface area contributed by atoms with Gasteiger partial charge in [-0.15, -0.1) is 22.9 Å². The number of rotatable bonds is 4. The third-order valence-corrected chi connectivity index (χ3v) is 4.36. The molecule has 2 rings (SSSR count). The molecule has 0 bridgehead atoms. The molecule has 0 aromatic carbocycles. The Hall–Kier alpha value is -0.580. The van der Waals surface area contributed by atoms with E-state index in [9.17, 15) is 0 Å². The highest BCUT2D eigenvalue weighted by molar-refractivity contribution is 9.10. The Balaban J connectivity index is 2.16. The Morgan fingerprint density at radius 3 is 3.00 bits per heavy atom. The monoisotopic (exact) mass is 330 g/mol. The third-order valence-electron chi connectivity index (χ3n) is 2.39. The Morgan fingerprint density at radius 1 is 1.53 bits per heavy atom. The van der Waals surface area contributed by atoms with E-state index >= 15 is 0 Å². The van der Waals surface area contributed by atoms with E-state index in [0.29, 0.717) is 5.88 Å². The first-order chi connectivity index (χ1) is 8.20. The molecule has 0 unspecified atom stereocenters. The molecule has 0 aliphatic rings. The largest absolute Gasteiger partial charge is 0.354 e. The van der Waals surface area contributed by atoms with Crippen LogP contribution in [0.5, 0.6) is 0 Å². The summed E-state index contributed by atoms with van der Waals surface area (Å²) >= 11 is 11.1. The number of thiophene rings is 1. The zero-order chi connectivity index (χ0) is 12.3. The molecule has 0 atom stereocenters. The minimum Gasteiger partial charge on any atom is -0.354 e. The summed E-state index contributed by atoms with van der Waals surface area (Å²) in [5, 5.41) is 2.09. The van der Waals surface area contributed by atoms with Crippen LogP contribution in [-0.2, 0) is 12.4 Å². The molecule has 0 spiro atoms. The molecular formula is C12H12BrClN2S.